The fourth-order valence-electron chi connectivity index (χ4n) is 5.18. The van der Waals surface area contributed by atoms with E-state index >= 15 is 0 Å². The minimum atomic E-state index is -4.96. The molecule has 2 fully saturated rings. The number of carbonyl (C=O) groups is 8. The molecule has 0 amide bonds. The molecule has 0 N–H and O–H groups in total. The molecule has 0 saturated carbocycles. The fourth-order valence-corrected chi connectivity index (χ4v) is 6.60. The van der Waals surface area contributed by atoms with E-state index in [1.165, 1.54) is 0 Å². The van der Waals surface area contributed by atoms with Crippen LogP contribution in [0.4, 0.5) is 0 Å². The Hall–Kier alpha value is -4.67. The van der Waals surface area contributed by atoms with E-state index in [9.17, 15) is 46.8 Å². The van der Waals surface area contributed by atoms with Gasteiger partial charge < -0.3 is 52.1 Å². The standard InChI is InChI=1S/C31H42O21S/c1-13(10-44-30-28(49-20(8)38)26(47-18(6)36)24(45-16(4)34)22(51-30)11-42-14(2)32)53(40,41)31-29(50-21(9)39)27(48-19(7)37)25(46-17(5)35)23(52-31)12-43-15(3)33/h22-31H,1,10-12H2,2-9H3/t22-,23-,24-,25-,26+,27+,28-,29-,30-,31+/m1/s1. The minimum Gasteiger partial charge on any atom is -0.463 e. The van der Waals surface area contributed by atoms with E-state index in [0.29, 0.717) is 0 Å². The van der Waals surface area contributed by atoms with Crippen LogP contribution in [0.5, 0.6) is 0 Å². The molecule has 2 saturated heterocycles. The van der Waals surface area contributed by atoms with Gasteiger partial charge in [0.15, 0.2) is 42.9 Å². The first kappa shape index (κ1) is 44.5. The number of hydrogen-bond acceptors (Lipinski definition) is 21. The molecule has 10 atom stereocenters. The van der Waals surface area contributed by atoms with Crippen molar-refractivity contribution >= 4 is 57.6 Å². The van der Waals surface area contributed by atoms with Gasteiger partial charge >= 0.3 is 47.8 Å². The van der Waals surface area contributed by atoms with Gasteiger partial charge in [0.05, 0.1) is 11.5 Å². The SMILES string of the molecule is C=C(CO[C@@H]1O[C@H](COC(C)=O)[C@@H](OC(C)=O)[C@H](OC(C)=O)[C@H]1OC(C)=O)S(=O)(=O)[C@@H]1O[C@H](COC(C)=O)[C@@H](OC(C)=O)[C@H](OC(C)=O)[C@H]1OC(C)=O. The zero-order valence-corrected chi connectivity index (χ0v) is 30.9. The molecule has 2 heterocycles. The number of esters is 8. The number of carbonyl (C=O) groups excluding carboxylic acids is 8. The summed E-state index contributed by atoms with van der Waals surface area (Å²) in [6.45, 7) is 9.08. The van der Waals surface area contributed by atoms with E-state index in [1.807, 2.05) is 0 Å². The molecule has 22 heteroatoms. The van der Waals surface area contributed by atoms with Crippen LogP contribution in [-0.4, -0.2) is 137 Å². The van der Waals surface area contributed by atoms with Crippen molar-refractivity contribution in [2.45, 2.75) is 116 Å². The maximum atomic E-state index is 14.1. The van der Waals surface area contributed by atoms with Crippen LogP contribution in [0.25, 0.3) is 0 Å². The molecule has 0 unspecified atom stereocenters. The quantitative estimate of drug-likeness (QED) is 0.144. The van der Waals surface area contributed by atoms with Crippen LogP contribution in [0.1, 0.15) is 55.4 Å². The lowest BCUT2D eigenvalue weighted by Gasteiger charge is -2.44. The first-order valence-electron chi connectivity index (χ1n) is 15.7. The Kier molecular flexibility index (Phi) is 16.3. The van der Waals surface area contributed by atoms with Crippen LogP contribution in [0.2, 0.25) is 0 Å². The molecule has 0 radical (unpaired) electrons. The van der Waals surface area contributed by atoms with Crippen molar-refractivity contribution in [3.63, 3.8) is 0 Å². The number of hydrogen-bond donors (Lipinski definition) is 0. The second kappa shape index (κ2) is 19.4. The summed E-state index contributed by atoms with van der Waals surface area (Å²) in [5.74, 6) is -7.47. The molecule has 0 aromatic heterocycles. The normalized spacial score (nSPS) is 28.2. The molecule has 0 aromatic rings. The molecular formula is C31H42O21S. The maximum absolute atomic E-state index is 14.1. The lowest BCUT2D eigenvalue weighted by atomic mass is 9.98. The molecule has 2 aliphatic heterocycles. The van der Waals surface area contributed by atoms with Gasteiger partial charge in [-0.2, -0.15) is 0 Å². The summed E-state index contributed by atoms with van der Waals surface area (Å²) in [4.78, 5) is 95.1. The highest BCUT2D eigenvalue weighted by molar-refractivity contribution is 7.95. The molecule has 298 valence electrons. The van der Waals surface area contributed by atoms with E-state index in [1.54, 1.807) is 0 Å². The van der Waals surface area contributed by atoms with Crippen LogP contribution in [0, 0.1) is 0 Å². The first-order valence-corrected chi connectivity index (χ1v) is 17.2. The van der Waals surface area contributed by atoms with Crippen molar-refractivity contribution in [3.8, 4) is 0 Å². The topological polar surface area (TPSA) is 272 Å². The van der Waals surface area contributed by atoms with E-state index in [-0.39, 0.29) is 0 Å². The van der Waals surface area contributed by atoms with Gasteiger partial charge in [0.2, 0.25) is 15.3 Å². The molecule has 0 bridgehead atoms. The molecule has 0 spiro atoms. The van der Waals surface area contributed by atoms with Crippen LogP contribution in [0.15, 0.2) is 11.5 Å². The van der Waals surface area contributed by atoms with Gasteiger partial charge in [0, 0.05) is 55.4 Å². The third-order valence-electron chi connectivity index (χ3n) is 7.01. The van der Waals surface area contributed by atoms with Crippen molar-refractivity contribution in [2.75, 3.05) is 19.8 Å². The zero-order valence-electron chi connectivity index (χ0n) is 30.1. The van der Waals surface area contributed by atoms with Gasteiger partial charge in [-0.3, -0.25) is 38.4 Å². The van der Waals surface area contributed by atoms with Crippen LogP contribution >= 0.6 is 0 Å². The predicted octanol–water partition coefficient (Wildman–Crippen LogP) is -0.902. The highest BCUT2D eigenvalue weighted by Gasteiger charge is 2.57. The lowest BCUT2D eigenvalue weighted by Crippen LogP contribution is -2.64. The van der Waals surface area contributed by atoms with Crippen molar-refractivity contribution in [1.82, 2.24) is 0 Å². The molecule has 2 rings (SSSR count). The summed E-state index contributed by atoms with van der Waals surface area (Å²) in [5, 5.41) is 0. The summed E-state index contributed by atoms with van der Waals surface area (Å²) in [6, 6.07) is 0. The van der Waals surface area contributed by atoms with E-state index in [4.69, 9.17) is 52.1 Å². The van der Waals surface area contributed by atoms with E-state index in [2.05, 4.69) is 6.58 Å². The molecule has 21 nitrogen and oxygen atoms in total. The first-order chi connectivity index (χ1) is 24.5. The Bertz CT molecular complexity index is 1540. The number of ether oxygens (including phenoxy) is 11. The van der Waals surface area contributed by atoms with Crippen molar-refractivity contribution in [3.05, 3.63) is 11.5 Å². The van der Waals surface area contributed by atoms with Crippen LogP contribution in [0.3, 0.4) is 0 Å². The van der Waals surface area contributed by atoms with Gasteiger partial charge in [0.25, 0.3) is 0 Å². The molecule has 0 aromatic carbocycles. The molecule has 2 aliphatic rings. The molecular weight excluding hydrogens is 740 g/mol. The second-order valence-corrected chi connectivity index (χ2v) is 13.7. The number of sulfone groups is 1. The fraction of sp³-hybridized carbons (Fsp3) is 0.677. The minimum absolute atomic E-state index is 0.609. The van der Waals surface area contributed by atoms with E-state index in [0.717, 1.165) is 55.4 Å². The third-order valence-corrected chi connectivity index (χ3v) is 8.93. The van der Waals surface area contributed by atoms with E-state index < -0.39 is 143 Å². The average molecular weight is 783 g/mol. The summed E-state index contributed by atoms with van der Waals surface area (Å²) >= 11 is 0. The van der Waals surface area contributed by atoms with Gasteiger partial charge in [-0.05, 0) is 0 Å². The lowest BCUT2D eigenvalue weighted by molar-refractivity contribution is -0.306. The second-order valence-electron chi connectivity index (χ2n) is 11.5. The summed E-state index contributed by atoms with van der Waals surface area (Å²) in [6.07, 6.45) is -15.3. The van der Waals surface area contributed by atoms with Crippen LogP contribution in [-0.2, 0) is 100 Å². The Morgan fingerprint density at radius 2 is 0.830 bits per heavy atom. The van der Waals surface area contributed by atoms with Crippen LogP contribution < -0.4 is 0 Å². The average Bonchev–Trinajstić information content (AvgIpc) is 3.00. The highest BCUT2D eigenvalue weighted by atomic mass is 32.2. The van der Waals surface area contributed by atoms with Gasteiger partial charge in [-0.25, -0.2) is 8.42 Å². The van der Waals surface area contributed by atoms with Gasteiger partial charge in [0.1, 0.15) is 25.4 Å². The van der Waals surface area contributed by atoms with Crippen molar-refractivity contribution in [1.29, 1.82) is 0 Å². The molecule has 53 heavy (non-hydrogen) atoms. The summed E-state index contributed by atoms with van der Waals surface area (Å²) < 4.78 is 87.1. The Balaban J connectivity index is 2.58. The largest absolute Gasteiger partial charge is 0.463 e. The summed E-state index contributed by atoms with van der Waals surface area (Å²) in [7, 11) is -4.96. The Morgan fingerprint density at radius 1 is 0.491 bits per heavy atom. The van der Waals surface area contributed by atoms with Gasteiger partial charge in [-0.15, -0.1) is 0 Å². The predicted molar refractivity (Wildman–Crippen MR) is 168 cm³/mol. The van der Waals surface area contributed by atoms with Crippen molar-refractivity contribution in [2.24, 2.45) is 0 Å². The smallest absolute Gasteiger partial charge is 0.303 e. The molecule has 0 aliphatic carbocycles. The number of rotatable bonds is 15. The monoisotopic (exact) mass is 782 g/mol. The maximum Gasteiger partial charge on any atom is 0.303 e. The third kappa shape index (κ3) is 13.0. The Labute approximate surface area is 303 Å². The Morgan fingerprint density at radius 3 is 1.23 bits per heavy atom. The van der Waals surface area contributed by atoms with Crippen molar-refractivity contribution < 1.29 is 98.9 Å². The zero-order chi connectivity index (χ0) is 40.4. The van der Waals surface area contributed by atoms with Gasteiger partial charge in [-0.1, -0.05) is 6.58 Å². The summed E-state index contributed by atoms with van der Waals surface area (Å²) in [5.41, 5.74) is -2.27. The highest BCUT2D eigenvalue weighted by Crippen LogP contribution is 2.35.